The summed E-state index contributed by atoms with van der Waals surface area (Å²) < 4.78 is 29.4. The molecule has 84 valence electrons. The zero-order valence-electron chi connectivity index (χ0n) is 8.48. The van der Waals surface area contributed by atoms with E-state index in [4.69, 9.17) is 10.5 Å². The van der Waals surface area contributed by atoms with Crippen molar-refractivity contribution in [1.29, 1.82) is 0 Å². The molecule has 1 fully saturated rings. The van der Waals surface area contributed by atoms with E-state index in [1.165, 1.54) is 10.6 Å². The normalized spacial score (nSPS) is 25.1. The highest BCUT2D eigenvalue weighted by molar-refractivity contribution is 7.88. The third-order valence-corrected chi connectivity index (χ3v) is 3.57. The van der Waals surface area contributed by atoms with Gasteiger partial charge >= 0.3 is 0 Å². The largest absolute Gasteiger partial charge is 0.375 e. The average Bonchev–Trinajstić information content (AvgIpc) is 2.14. The molecule has 1 heterocycles. The lowest BCUT2D eigenvalue weighted by Gasteiger charge is -2.31. The predicted molar refractivity (Wildman–Crippen MR) is 54.4 cm³/mol. The van der Waals surface area contributed by atoms with Crippen LogP contribution < -0.4 is 5.73 Å². The van der Waals surface area contributed by atoms with Gasteiger partial charge < -0.3 is 10.5 Å². The Kier molecular flexibility index (Phi) is 4.31. The summed E-state index contributed by atoms with van der Waals surface area (Å²) in [6, 6.07) is 0. The Balaban J connectivity index is 2.44. The summed E-state index contributed by atoms with van der Waals surface area (Å²) in [6.07, 6.45) is 2.96. The van der Waals surface area contributed by atoms with Crippen LogP contribution in [0.1, 0.15) is 12.8 Å². The summed E-state index contributed by atoms with van der Waals surface area (Å²) >= 11 is 0. The summed E-state index contributed by atoms with van der Waals surface area (Å²) in [5, 5.41) is 0. The molecule has 6 heteroatoms. The van der Waals surface area contributed by atoms with E-state index < -0.39 is 10.0 Å². The van der Waals surface area contributed by atoms with E-state index in [-0.39, 0.29) is 6.10 Å². The van der Waals surface area contributed by atoms with E-state index in [2.05, 4.69) is 0 Å². The number of ether oxygens (including phenoxy) is 1. The van der Waals surface area contributed by atoms with Crippen LogP contribution in [0.25, 0.3) is 0 Å². The monoisotopic (exact) mass is 222 g/mol. The van der Waals surface area contributed by atoms with Gasteiger partial charge in [0.2, 0.25) is 10.0 Å². The number of nitrogens with zero attached hydrogens (tertiary/aromatic N) is 1. The molecule has 0 spiro atoms. The van der Waals surface area contributed by atoms with Crippen molar-refractivity contribution in [3.05, 3.63) is 0 Å². The highest BCUT2D eigenvalue weighted by Gasteiger charge is 2.25. The van der Waals surface area contributed by atoms with Crippen LogP contribution in [0.15, 0.2) is 0 Å². The minimum Gasteiger partial charge on any atom is -0.375 e. The van der Waals surface area contributed by atoms with Crippen LogP contribution in [0.2, 0.25) is 0 Å². The molecule has 0 aromatic heterocycles. The predicted octanol–water partition coefficient (Wildman–Crippen LogP) is -0.614. The molecule has 1 unspecified atom stereocenters. The van der Waals surface area contributed by atoms with Crippen LogP contribution in [-0.4, -0.2) is 51.3 Å². The van der Waals surface area contributed by atoms with Crippen LogP contribution >= 0.6 is 0 Å². The van der Waals surface area contributed by atoms with Gasteiger partial charge in [0, 0.05) is 13.1 Å². The number of morpholine rings is 1. The lowest BCUT2D eigenvalue weighted by molar-refractivity contribution is -0.00591. The lowest BCUT2D eigenvalue weighted by atomic mass is 10.2. The molecular formula is C8H18N2O3S. The molecule has 1 atom stereocenters. The van der Waals surface area contributed by atoms with E-state index >= 15 is 0 Å². The van der Waals surface area contributed by atoms with Crippen molar-refractivity contribution < 1.29 is 13.2 Å². The second-order valence-electron chi connectivity index (χ2n) is 3.54. The van der Waals surface area contributed by atoms with E-state index in [9.17, 15) is 8.42 Å². The zero-order chi connectivity index (χ0) is 10.6. The van der Waals surface area contributed by atoms with Gasteiger partial charge in [-0.15, -0.1) is 0 Å². The Morgan fingerprint density at radius 3 is 2.86 bits per heavy atom. The lowest BCUT2D eigenvalue weighted by Crippen LogP contribution is -2.45. The number of sulfonamides is 1. The fourth-order valence-electron chi connectivity index (χ4n) is 1.51. The Bertz CT molecular complexity index is 266. The van der Waals surface area contributed by atoms with Crippen molar-refractivity contribution in [2.75, 3.05) is 32.5 Å². The molecule has 0 amide bonds. The molecule has 1 aliphatic heterocycles. The Hall–Kier alpha value is -0.170. The molecule has 0 radical (unpaired) electrons. The summed E-state index contributed by atoms with van der Waals surface area (Å²) in [4.78, 5) is 0. The topological polar surface area (TPSA) is 72.6 Å². The minimum absolute atomic E-state index is 0.0158. The van der Waals surface area contributed by atoms with Gasteiger partial charge in [-0.25, -0.2) is 8.42 Å². The van der Waals surface area contributed by atoms with Gasteiger partial charge in [-0.1, -0.05) is 0 Å². The molecule has 0 aliphatic carbocycles. The van der Waals surface area contributed by atoms with Gasteiger partial charge in [0.25, 0.3) is 0 Å². The van der Waals surface area contributed by atoms with Gasteiger partial charge in [-0.3, -0.25) is 0 Å². The van der Waals surface area contributed by atoms with Gasteiger partial charge in [0.1, 0.15) is 0 Å². The quantitative estimate of drug-likeness (QED) is 0.688. The molecule has 0 bridgehead atoms. The van der Waals surface area contributed by atoms with Gasteiger partial charge in [0.15, 0.2) is 0 Å². The smallest absolute Gasteiger partial charge is 0.211 e. The molecule has 14 heavy (non-hydrogen) atoms. The van der Waals surface area contributed by atoms with Crippen LogP contribution in [0, 0.1) is 0 Å². The molecule has 1 aliphatic rings. The van der Waals surface area contributed by atoms with Crippen molar-refractivity contribution >= 4 is 10.0 Å². The van der Waals surface area contributed by atoms with Crippen LogP contribution in [0.4, 0.5) is 0 Å². The van der Waals surface area contributed by atoms with Crippen LogP contribution in [0.3, 0.4) is 0 Å². The summed E-state index contributed by atoms with van der Waals surface area (Å²) in [6.45, 7) is 2.05. The molecule has 1 saturated heterocycles. The van der Waals surface area contributed by atoms with E-state index in [1.54, 1.807) is 0 Å². The van der Waals surface area contributed by atoms with Crippen LogP contribution in [-0.2, 0) is 14.8 Å². The van der Waals surface area contributed by atoms with Crippen molar-refractivity contribution in [3.63, 3.8) is 0 Å². The number of nitrogens with two attached hydrogens (primary N) is 1. The van der Waals surface area contributed by atoms with E-state index in [0.29, 0.717) is 26.2 Å². The highest BCUT2D eigenvalue weighted by atomic mass is 32.2. The van der Waals surface area contributed by atoms with Gasteiger partial charge in [-0.2, -0.15) is 4.31 Å². The van der Waals surface area contributed by atoms with Crippen LogP contribution in [0.5, 0.6) is 0 Å². The molecular weight excluding hydrogens is 204 g/mol. The highest BCUT2D eigenvalue weighted by Crippen LogP contribution is 2.12. The molecule has 0 aromatic rings. The second kappa shape index (κ2) is 5.06. The maximum Gasteiger partial charge on any atom is 0.211 e. The van der Waals surface area contributed by atoms with E-state index in [1.807, 2.05) is 0 Å². The third kappa shape index (κ3) is 3.53. The van der Waals surface area contributed by atoms with Crippen molar-refractivity contribution in [3.8, 4) is 0 Å². The zero-order valence-corrected chi connectivity index (χ0v) is 9.29. The van der Waals surface area contributed by atoms with Crippen molar-refractivity contribution in [1.82, 2.24) is 4.31 Å². The molecule has 2 N–H and O–H groups in total. The Morgan fingerprint density at radius 2 is 2.29 bits per heavy atom. The third-order valence-electron chi connectivity index (χ3n) is 2.30. The summed E-state index contributed by atoms with van der Waals surface area (Å²) in [5.41, 5.74) is 5.38. The van der Waals surface area contributed by atoms with Crippen molar-refractivity contribution in [2.45, 2.75) is 18.9 Å². The first-order chi connectivity index (χ1) is 6.54. The summed E-state index contributed by atoms with van der Waals surface area (Å²) in [5.74, 6) is 0. The average molecular weight is 222 g/mol. The fourth-order valence-corrected chi connectivity index (χ4v) is 2.36. The maximum absolute atomic E-state index is 11.3. The molecule has 5 nitrogen and oxygen atoms in total. The van der Waals surface area contributed by atoms with Gasteiger partial charge in [-0.05, 0) is 19.4 Å². The number of hydrogen-bond donors (Lipinski definition) is 1. The minimum atomic E-state index is -3.06. The fraction of sp³-hybridized carbons (Fsp3) is 1.00. The van der Waals surface area contributed by atoms with Gasteiger partial charge in [0.05, 0.1) is 19.0 Å². The SMILES string of the molecule is CS(=O)(=O)N1CCOC(CCCN)C1. The number of hydrogen-bond acceptors (Lipinski definition) is 4. The first kappa shape index (κ1) is 11.9. The standard InChI is InChI=1S/C8H18N2O3S/c1-14(11,12)10-5-6-13-8(7-10)3-2-4-9/h8H,2-7,9H2,1H3. The number of rotatable bonds is 4. The second-order valence-corrected chi connectivity index (χ2v) is 5.53. The van der Waals surface area contributed by atoms with E-state index in [0.717, 1.165) is 12.8 Å². The molecule has 0 saturated carbocycles. The maximum atomic E-state index is 11.3. The summed E-state index contributed by atoms with van der Waals surface area (Å²) in [7, 11) is -3.06. The van der Waals surface area contributed by atoms with Crippen molar-refractivity contribution in [2.24, 2.45) is 5.73 Å². The first-order valence-electron chi connectivity index (χ1n) is 4.81. The molecule has 1 rings (SSSR count). The molecule has 0 aromatic carbocycles. The Morgan fingerprint density at radius 1 is 1.57 bits per heavy atom. The Labute approximate surface area is 85.3 Å². The first-order valence-corrected chi connectivity index (χ1v) is 6.65.